The third-order valence-corrected chi connectivity index (χ3v) is 6.39. The molecule has 0 spiro atoms. The summed E-state index contributed by atoms with van der Waals surface area (Å²) in [5.74, 6) is -0.452. The standard InChI is InChI=1S/C23H22N2O3S/c1-3-18-21(26)25-20(17-12-8-5-9-13-17)19(15(2)24-23(25)29-18)22(27)28-14-16-10-6-4-7-11-16/h4-13,18,20H,3,14H2,1-2H3/t18-,20+/m1/s1. The summed E-state index contributed by atoms with van der Waals surface area (Å²) < 4.78 is 5.62. The minimum Gasteiger partial charge on any atom is -0.457 e. The topological polar surface area (TPSA) is 59.0 Å². The van der Waals surface area contributed by atoms with Gasteiger partial charge in [-0.2, -0.15) is 0 Å². The van der Waals surface area contributed by atoms with E-state index in [4.69, 9.17) is 4.74 Å². The number of amidine groups is 1. The Morgan fingerprint density at radius 2 is 1.76 bits per heavy atom. The number of benzene rings is 2. The lowest BCUT2D eigenvalue weighted by Gasteiger charge is -2.33. The molecule has 148 valence electrons. The molecule has 0 aromatic heterocycles. The summed E-state index contributed by atoms with van der Waals surface area (Å²) in [5, 5.41) is 0.486. The number of rotatable bonds is 5. The lowest BCUT2D eigenvalue weighted by molar-refractivity contribution is -0.141. The largest absolute Gasteiger partial charge is 0.457 e. The molecule has 1 amide bonds. The van der Waals surface area contributed by atoms with Gasteiger partial charge in [-0.15, -0.1) is 0 Å². The molecule has 2 aliphatic rings. The number of ether oxygens (including phenoxy) is 1. The van der Waals surface area contributed by atoms with Gasteiger partial charge in [0.1, 0.15) is 6.61 Å². The first-order chi connectivity index (χ1) is 14.1. The Morgan fingerprint density at radius 3 is 2.41 bits per heavy atom. The number of aliphatic imine (C=N–C) groups is 1. The third kappa shape index (κ3) is 3.72. The maximum absolute atomic E-state index is 13.1. The van der Waals surface area contributed by atoms with Gasteiger partial charge in [0.05, 0.1) is 22.6 Å². The minimum atomic E-state index is -0.525. The predicted molar refractivity (Wildman–Crippen MR) is 114 cm³/mol. The summed E-state index contributed by atoms with van der Waals surface area (Å²) in [5.41, 5.74) is 2.80. The van der Waals surface area contributed by atoms with Crippen molar-refractivity contribution in [1.29, 1.82) is 0 Å². The average Bonchev–Trinajstić information content (AvgIpc) is 3.07. The molecule has 0 N–H and O–H groups in total. The molecule has 0 bridgehead atoms. The van der Waals surface area contributed by atoms with Gasteiger partial charge in [-0.1, -0.05) is 79.3 Å². The summed E-state index contributed by atoms with van der Waals surface area (Å²) in [6.45, 7) is 3.97. The highest BCUT2D eigenvalue weighted by molar-refractivity contribution is 8.15. The lowest BCUT2D eigenvalue weighted by Crippen LogP contribution is -2.40. The Bertz CT molecular complexity index is 986. The molecule has 0 radical (unpaired) electrons. The van der Waals surface area contributed by atoms with Crippen LogP contribution in [0.25, 0.3) is 0 Å². The van der Waals surface area contributed by atoms with Crippen molar-refractivity contribution in [2.24, 2.45) is 4.99 Å². The molecule has 5 nitrogen and oxygen atoms in total. The van der Waals surface area contributed by atoms with Crippen LogP contribution in [-0.2, 0) is 20.9 Å². The number of allylic oxidation sites excluding steroid dienone is 1. The molecular formula is C23H22N2O3S. The number of nitrogens with zero attached hydrogens (tertiary/aromatic N) is 2. The zero-order valence-electron chi connectivity index (χ0n) is 16.4. The molecule has 29 heavy (non-hydrogen) atoms. The summed E-state index contributed by atoms with van der Waals surface area (Å²) >= 11 is 1.47. The fraction of sp³-hybridized carbons (Fsp3) is 0.261. The molecule has 6 heteroatoms. The number of carbonyl (C=O) groups is 2. The fourth-order valence-corrected chi connectivity index (χ4v) is 4.74. The van der Waals surface area contributed by atoms with Crippen molar-refractivity contribution in [3.8, 4) is 0 Å². The summed E-state index contributed by atoms with van der Waals surface area (Å²) in [6, 6.07) is 18.6. The molecule has 1 fully saturated rings. The van der Waals surface area contributed by atoms with Crippen molar-refractivity contribution >= 4 is 28.8 Å². The molecule has 2 aromatic rings. The lowest BCUT2D eigenvalue weighted by atomic mass is 9.94. The van der Waals surface area contributed by atoms with E-state index in [1.165, 1.54) is 11.8 Å². The molecule has 2 aliphatic heterocycles. The fourth-order valence-electron chi connectivity index (χ4n) is 3.60. The van der Waals surface area contributed by atoms with E-state index in [0.717, 1.165) is 11.1 Å². The summed E-state index contributed by atoms with van der Waals surface area (Å²) in [7, 11) is 0. The molecule has 2 atom stereocenters. The van der Waals surface area contributed by atoms with E-state index in [2.05, 4.69) is 4.99 Å². The van der Waals surface area contributed by atoms with Gasteiger partial charge in [0.15, 0.2) is 5.17 Å². The van der Waals surface area contributed by atoms with Gasteiger partial charge in [0.25, 0.3) is 0 Å². The van der Waals surface area contributed by atoms with Crippen LogP contribution in [-0.4, -0.2) is 27.2 Å². The van der Waals surface area contributed by atoms with Crippen molar-refractivity contribution in [3.05, 3.63) is 83.1 Å². The van der Waals surface area contributed by atoms with Crippen LogP contribution in [0.3, 0.4) is 0 Å². The van der Waals surface area contributed by atoms with Gasteiger partial charge in [0, 0.05) is 0 Å². The van der Waals surface area contributed by atoms with Crippen LogP contribution in [0.5, 0.6) is 0 Å². The van der Waals surface area contributed by atoms with Crippen LogP contribution in [0.1, 0.15) is 37.4 Å². The van der Waals surface area contributed by atoms with Gasteiger partial charge in [-0.25, -0.2) is 9.79 Å². The molecule has 4 rings (SSSR count). The highest BCUT2D eigenvalue weighted by Gasteiger charge is 2.47. The summed E-state index contributed by atoms with van der Waals surface area (Å²) in [4.78, 5) is 32.4. The van der Waals surface area contributed by atoms with Crippen molar-refractivity contribution < 1.29 is 14.3 Å². The number of fused-ring (bicyclic) bond motifs is 1. The molecule has 2 heterocycles. The average molecular weight is 407 g/mol. The van der Waals surface area contributed by atoms with Gasteiger partial charge in [-0.05, 0) is 24.5 Å². The smallest absolute Gasteiger partial charge is 0.338 e. The quantitative estimate of drug-likeness (QED) is 0.688. The van der Waals surface area contributed by atoms with E-state index >= 15 is 0 Å². The molecule has 0 aliphatic carbocycles. The number of hydrogen-bond donors (Lipinski definition) is 0. The van der Waals surface area contributed by atoms with Gasteiger partial charge in [0.2, 0.25) is 5.91 Å². The second-order valence-corrected chi connectivity index (χ2v) is 8.16. The first kappa shape index (κ1) is 19.5. The van der Waals surface area contributed by atoms with E-state index in [9.17, 15) is 9.59 Å². The molecule has 0 saturated carbocycles. The van der Waals surface area contributed by atoms with E-state index in [0.29, 0.717) is 22.9 Å². The second kappa shape index (κ2) is 8.25. The maximum Gasteiger partial charge on any atom is 0.338 e. The number of carbonyl (C=O) groups excluding carboxylic acids is 2. The van der Waals surface area contributed by atoms with Crippen LogP contribution >= 0.6 is 11.8 Å². The first-order valence-electron chi connectivity index (χ1n) is 9.65. The van der Waals surface area contributed by atoms with Crippen LogP contribution in [0, 0.1) is 0 Å². The highest BCUT2D eigenvalue weighted by Crippen LogP contribution is 2.43. The Morgan fingerprint density at radius 1 is 1.10 bits per heavy atom. The zero-order valence-corrected chi connectivity index (χ0v) is 17.2. The Balaban J connectivity index is 1.69. The van der Waals surface area contributed by atoms with Crippen molar-refractivity contribution in [2.45, 2.75) is 38.2 Å². The molecule has 0 unspecified atom stereocenters. The van der Waals surface area contributed by atoms with Crippen molar-refractivity contribution in [1.82, 2.24) is 4.90 Å². The molecule has 1 saturated heterocycles. The van der Waals surface area contributed by atoms with Crippen LogP contribution in [0.4, 0.5) is 0 Å². The van der Waals surface area contributed by atoms with E-state index in [1.54, 1.807) is 4.90 Å². The molecule has 2 aromatic carbocycles. The third-order valence-electron chi connectivity index (χ3n) is 5.07. The Labute approximate surface area is 174 Å². The van der Waals surface area contributed by atoms with Crippen molar-refractivity contribution in [2.75, 3.05) is 0 Å². The van der Waals surface area contributed by atoms with Gasteiger partial charge >= 0.3 is 5.97 Å². The van der Waals surface area contributed by atoms with Gasteiger partial charge < -0.3 is 4.74 Å². The molecular weight excluding hydrogens is 384 g/mol. The predicted octanol–water partition coefficient (Wildman–Crippen LogP) is 4.47. The van der Waals surface area contributed by atoms with E-state index in [-0.39, 0.29) is 17.8 Å². The monoisotopic (exact) mass is 406 g/mol. The highest BCUT2D eigenvalue weighted by atomic mass is 32.2. The minimum absolute atomic E-state index is 0.00837. The SMILES string of the molecule is CC[C@H]1SC2=NC(C)=C(C(=O)OCc3ccccc3)[C@H](c3ccccc3)N2C1=O. The second-order valence-electron chi connectivity index (χ2n) is 6.99. The number of thioether (sulfide) groups is 1. The normalized spacial score (nSPS) is 21.1. The van der Waals surface area contributed by atoms with E-state index < -0.39 is 12.0 Å². The maximum atomic E-state index is 13.1. The van der Waals surface area contributed by atoms with E-state index in [1.807, 2.05) is 74.5 Å². The van der Waals surface area contributed by atoms with Crippen molar-refractivity contribution in [3.63, 3.8) is 0 Å². The number of hydrogen-bond acceptors (Lipinski definition) is 5. The van der Waals surface area contributed by atoms with Gasteiger partial charge in [-0.3, -0.25) is 9.69 Å². The van der Waals surface area contributed by atoms with Crippen LogP contribution in [0.2, 0.25) is 0 Å². The Kier molecular flexibility index (Phi) is 5.53. The number of amides is 1. The zero-order chi connectivity index (χ0) is 20.4. The Hall–Kier alpha value is -2.86. The first-order valence-corrected chi connectivity index (χ1v) is 10.5. The van der Waals surface area contributed by atoms with Crippen LogP contribution in [0.15, 0.2) is 76.9 Å². The van der Waals surface area contributed by atoms with Crippen LogP contribution < -0.4 is 0 Å². The number of esters is 1. The summed E-state index contributed by atoms with van der Waals surface area (Å²) in [6.07, 6.45) is 0.716.